The molecule has 4 nitrogen and oxygen atoms in total. The SMILES string of the molecule is c1ccc(C2=NC(c3cc(-c4ccc5c(ccc6ccccc65)c4)cc4oc5ccccc5c34)=NC(c3ccccc3)N2)cc1. The summed E-state index contributed by atoms with van der Waals surface area (Å²) in [4.78, 5) is 10.4. The van der Waals surface area contributed by atoms with Crippen LogP contribution in [0, 0.1) is 0 Å². The first kappa shape index (κ1) is 25.5. The fourth-order valence-corrected chi connectivity index (χ4v) is 6.51. The maximum absolute atomic E-state index is 6.50. The van der Waals surface area contributed by atoms with Gasteiger partial charge in [-0.3, -0.25) is 0 Å². The second-order valence-corrected chi connectivity index (χ2v) is 11.5. The number of amidine groups is 2. The second kappa shape index (κ2) is 10.3. The van der Waals surface area contributed by atoms with Gasteiger partial charge in [-0.25, -0.2) is 9.98 Å². The van der Waals surface area contributed by atoms with Gasteiger partial charge in [0.1, 0.15) is 23.2 Å². The van der Waals surface area contributed by atoms with Crippen LogP contribution in [0.3, 0.4) is 0 Å². The molecule has 0 saturated carbocycles. The minimum absolute atomic E-state index is 0.292. The molecular weight excluding hydrogens is 550 g/mol. The highest BCUT2D eigenvalue weighted by molar-refractivity contribution is 6.22. The first-order valence-electron chi connectivity index (χ1n) is 15.2. The number of hydrogen-bond donors (Lipinski definition) is 1. The second-order valence-electron chi connectivity index (χ2n) is 11.5. The van der Waals surface area contributed by atoms with E-state index in [9.17, 15) is 0 Å². The number of fused-ring (bicyclic) bond motifs is 6. The molecular formula is C41H27N3O. The number of hydrogen-bond acceptors (Lipinski definition) is 4. The van der Waals surface area contributed by atoms with Crippen molar-refractivity contribution in [2.45, 2.75) is 6.17 Å². The molecule has 1 aliphatic heterocycles. The normalized spacial score (nSPS) is 14.9. The summed E-state index contributed by atoms with van der Waals surface area (Å²) in [6, 6.07) is 52.8. The number of furan rings is 1. The molecule has 0 aliphatic carbocycles. The summed E-state index contributed by atoms with van der Waals surface area (Å²) >= 11 is 0. The summed E-state index contributed by atoms with van der Waals surface area (Å²) in [5.41, 5.74) is 6.86. The Balaban J connectivity index is 1.28. The molecule has 0 saturated heterocycles. The van der Waals surface area contributed by atoms with Gasteiger partial charge < -0.3 is 9.73 Å². The molecule has 1 atom stereocenters. The van der Waals surface area contributed by atoms with Crippen molar-refractivity contribution in [2.75, 3.05) is 0 Å². The van der Waals surface area contributed by atoms with E-state index in [1.807, 2.05) is 48.5 Å². The molecule has 0 spiro atoms. The Hall–Kier alpha value is -6.00. The van der Waals surface area contributed by atoms with Gasteiger partial charge in [0, 0.05) is 21.9 Å². The van der Waals surface area contributed by atoms with Crippen LogP contribution in [0.25, 0.3) is 54.6 Å². The van der Waals surface area contributed by atoms with E-state index in [0.29, 0.717) is 5.84 Å². The summed E-state index contributed by atoms with van der Waals surface area (Å²) in [5, 5.41) is 10.6. The molecule has 0 radical (unpaired) electrons. The zero-order valence-electron chi connectivity index (χ0n) is 24.3. The summed E-state index contributed by atoms with van der Waals surface area (Å²) in [5.74, 6) is 1.46. The van der Waals surface area contributed by atoms with Crippen molar-refractivity contribution in [1.29, 1.82) is 0 Å². The van der Waals surface area contributed by atoms with Crippen LogP contribution in [0.2, 0.25) is 0 Å². The molecule has 1 unspecified atom stereocenters. The highest BCUT2D eigenvalue weighted by Gasteiger charge is 2.24. The Morgan fingerprint density at radius 3 is 2.09 bits per heavy atom. The van der Waals surface area contributed by atoms with E-state index < -0.39 is 0 Å². The summed E-state index contributed by atoms with van der Waals surface area (Å²) < 4.78 is 6.50. The van der Waals surface area contributed by atoms with Crippen LogP contribution in [-0.2, 0) is 0 Å². The van der Waals surface area contributed by atoms with Gasteiger partial charge in [0.05, 0.1) is 0 Å². The van der Waals surface area contributed by atoms with Gasteiger partial charge in [-0.15, -0.1) is 0 Å². The van der Waals surface area contributed by atoms with Crippen molar-refractivity contribution >= 4 is 55.2 Å². The fourth-order valence-electron chi connectivity index (χ4n) is 6.51. The van der Waals surface area contributed by atoms with Crippen LogP contribution in [0.1, 0.15) is 22.9 Å². The van der Waals surface area contributed by atoms with Crippen molar-refractivity contribution in [3.63, 3.8) is 0 Å². The van der Waals surface area contributed by atoms with Crippen LogP contribution in [0.5, 0.6) is 0 Å². The van der Waals surface area contributed by atoms with Crippen LogP contribution in [0.4, 0.5) is 0 Å². The van der Waals surface area contributed by atoms with Crippen LogP contribution in [0.15, 0.2) is 166 Å². The highest BCUT2D eigenvalue weighted by atomic mass is 16.3. The van der Waals surface area contributed by atoms with Crippen molar-refractivity contribution in [3.05, 3.63) is 168 Å². The van der Waals surface area contributed by atoms with Gasteiger partial charge in [-0.1, -0.05) is 127 Å². The number of para-hydroxylation sites is 1. The van der Waals surface area contributed by atoms with E-state index in [4.69, 9.17) is 14.4 Å². The Labute approximate surface area is 260 Å². The Kier molecular flexibility index (Phi) is 5.85. The predicted molar refractivity (Wildman–Crippen MR) is 186 cm³/mol. The number of benzene rings is 7. The number of nitrogens with zero attached hydrogens (tertiary/aromatic N) is 2. The molecule has 0 bridgehead atoms. The molecule has 2 heterocycles. The summed E-state index contributed by atoms with van der Waals surface area (Å²) in [6.07, 6.45) is -0.292. The molecule has 7 aromatic carbocycles. The maximum atomic E-state index is 6.50. The van der Waals surface area contributed by atoms with E-state index >= 15 is 0 Å². The molecule has 1 aliphatic rings. The third-order valence-electron chi connectivity index (χ3n) is 8.70. The zero-order chi connectivity index (χ0) is 29.7. The van der Waals surface area contributed by atoms with Gasteiger partial charge in [-0.05, 0) is 62.5 Å². The Morgan fingerprint density at radius 1 is 0.511 bits per heavy atom. The predicted octanol–water partition coefficient (Wildman–Crippen LogP) is 10.1. The van der Waals surface area contributed by atoms with E-state index in [0.717, 1.165) is 55.6 Å². The fraction of sp³-hybridized carbons (Fsp3) is 0.0244. The lowest BCUT2D eigenvalue weighted by Crippen LogP contribution is -2.33. The monoisotopic (exact) mass is 577 g/mol. The lowest BCUT2D eigenvalue weighted by atomic mass is 9.94. The molecule has 8 aromatic rings. The van der Waals surface area contributed by atoms with Crippen molar-refractivity contribution in [1.82, 2.24) is 5.32 Å². The Morgan fingerprint density at radius 2 is 1.22 bits per heavy atom. The third-order valence-corrected chi connectivity index (χ3v) is 8.70. The zero-order valence-corrected chi connectivity index (χ0v) is 24.3. The van der Waals surface area contributed by atoms with E-state index in [-0.39, 0.29) is 6.17 Å². The third kappa shape index (κ3) is 4.38. The van der Waals surface area contributed by atoms with Gasteiger partial charge in [0.15, 0.2) is 5.84 Å². The maximum Gasteiger partial charge on any atom is 0.160 e. The van der Waals surface area contributed by atoms with Crippen molar-refractivity contribution < 1.29 is 4.42 Å². The summed E-state index contributed by atoms with van der Waals surface area (Å²) in [7, 11) is 0. The largest absolute Gasteiger partial charge is 0.456 e. The van der Waals surface area contributed by atoms with Gasteiger partial charge in [-0.2, -0.15) is 0 Å². The molecule has 0 fully saturated rings. The lowest BCUT2D eigenvalue weighted by molar-refractivity contribution is 0.668. The average molecular weight is 578 g/mol. The molecule has 0 amide bonds. The molecule has 4 heteroatoms. The van der Waals surface area contributed by atoms with E-state index in [2.05, 4.69) is 108 Å². The van der Waals surface area contributed by atoms with Gasteiger partial charge >= 0.3 is 0 Å². The minimum atomic E-state index is -0.292. The van der Waals surface area contributed by atoms with Crippen LogP contribution >= 0.6 is 0 Å². The highest BCUT2D eigenvalue weighted by Crippen LogP contribution is 2.38. The number of rotatable bonds is 4. The van der Waals surface area contributed by atoms with Gasteiger partial charge in [0.25, 0.3) is 0 Å². The van der Waals surface area contributed by atoms with Gasteiger partial charge in [0.2, 0.25) is 0 Å². The van der Waals surface area contributed by atoms with Crippen LogP contribution in [-0.4, -0.2) is 11.7 Å². The molecule has 1 aromatic heterocycles. The standard InChI is InChI=1S/C41H27N3O/c1-3-12-27(13-4-1)39-42-40(28-14-5-2-6-15-28)44-41(43-39)35-24-31(25-37-38(35)34-17-9-10-18-36(34)45-37)29-21-22-33-30(23-29)20-19-26-11-7-8-16-32(26)33/h1-25,39H,(H,42,43,44). The minimum Gasteiger partial charge on any atom is -0.456 e. The molecule has 9 rings (SSSR count). The smallest absolute Gasteiger partial charge is 0.160 e. The quantitative estimate of drug-likeness (QED) is 0.212. The summed E-state index contributed by atoms with van der Waals surface area (Å²) in [6.45, 7) is 0. The van der Waals surface area contributed by atoms with Crippen molar-refractivity contribution in [2.24, 2.45) is 9.98 Å². The number of aliphatic imine (C=N–C) groups is 2. The molecule has 45 heavy (non-hydrogen) atoms. The first-order valence-corrected chi connectivity index (χ1v) is 15.2. The average Bonchev–Trinajstić information content (AvgIpc) is 3.50. The van der Waals surface area contributed by atoms with Crippen LogP contribution < -0.4 is 5.32 Å². The van der Waals surface area contributed by atoms with Crippen molar-refractivity contribution in [3.8, 4) is 11.1 Å². The topological polar surface area (TPSA) is 49.9 Å². The first-order chi connectivity index (χ1) is 22.3. The lowest BCUT2D eigenvalue weighted by Gasteiger charge is -2.24. The Bertz CT molecular complexity index is 2460. The van der Waals surface area contributed by atoms with E-state index in [1.165, 1.54) is 21.5 Å². The molecule has 212 valence electrons. The van der Waals surface area contributed by atoms with E-state index in [1.54, 1.807) is 0 Å². The number of nitrogens with one attached hydrogen (secondary N) is 1. The molecule has 1 N–H and O–H groups in total.